The number of nitro groups is 1. The van der Waals surface area contributed by atoms with Gasteiger partial charge in [0.15, 0.2) is 5.03 Å². The van der Waals surface area contributed by atoms with E-state index in [2.05, 4.69) is 33.8 Å². The average Bonchev–Trinajstić information content (AvgIpc) is 2.67. The molecule has 1 saturated heterocycles. The highest BCUT2D eigenvalue weighted by molar-refractivity contribution is 6.29. The van der Waals surface area contributed by atoms with Gasteiger partial charge in [0, 0.05) is 31.5 Å². The lowest BCUT2D eigenvalue weighted by Gasteiger charge is -2.45. The molecule has 154 valence electrons. The second kappa shape index (κ2) is 9.34. The standard InChI is InChI=1S/C18H21Cl2N7O2/c1-13(2)26-11-24(9-14-3-5-16(19)21-7-14)18(23-27(28)29)25(12-26)10-15-4-6-17(20)22-8-15/h3-8,13H,9-12H2,1-2H3. The van der Waals surface area contributed by atoms with Gasteiger partial charge in [-0.2, -0.15) is 0 Å². The van der Waals surface area contributed by atoms with E-state index >= 15 is 0 Å². The Labute approximate surface area is 178 Å². The van der Waals surface area contributed by atoms with Crippen LogP contribution in [0.25, 0.3) is 0 Å². The van der Waals surface area contributed by atoms with Crippen LogP contribution in [0.4, 0.5) is 0 Å². The van der Waals surface area contributed by atoms with E-state index in [1.165, 1.54) is 0 Å². The van der Waals surface area contributed by atoms with Crippen LogP contribution < -0.4 is 0 Å². The molecule has 3 rings (SSSR count). The number of hydrogen-bond acceptors (Lipinski definition) is 5. The predicted molar refractivity (Wildman–Crippen MR) is 111 cm³/mol. The van der Waals surface area contributed by atoms with E-state index in [-0.39, 0.29) is 12.0 Å². The molecule has 0 radical (unpaired) electrons. The van der Waals surface area contributed by atoms with Crippen molar-refractivity contribution in [2.75, 3.05) is 13.3 Å². The van der Waals surface area contributed by atoms with Crippen molar-refractivity contribution in [2.45, 2.75) is 33.0 Å². The van der Waals surface area contributed by atoms with Gasteiger partial charge in [-0.15, -0.1) is 0 Å². The minimum absolute atomic E-state index is 0.240. The van der Waals surface area contributed by atoms with Gasteiger partial charge in [0.1, 0.15) is 15.4 Å². The van der Waals surface area contributed by atoms with E-state index in [0.717, 1.165) is 11.1 Å². The zero-order valence-corrected chi connectivity index (χ0v) is 17.6. The zero-order chi connectivity index (χ0) is 21.0. The first-order valence-corrected chi connectivity index (χ1v) is 9.75. The van der Waals surface area contributed by atoms with E-state index in [1.807, 2.05) is 21.9 Å². The van der Waals surface area contributed by atoms with Crippen LogP contribution in [-0.4, -0.2) is 55.0 Å². The fraction of sp³-hybridized carbons (Fsp3) is 0.389. The number of aromatic nitrogens is 2. The van der Waals surface area contributed by atoms with E-state index in [9.17, 15) is 10.1 Å². The summed E-state index contributed by atoms with van der Waals surface area (Å²) < 4.78 is 0. The number of nitrogens with zero attached hydrogens (tertiary/aromatic N) is 7. The molecule has 0 atom stereocenters. The lowest BCUT2D eigenvalue weighted by atomic mass is 10.2. The molecule has 0 aliphatic carbocycles. The minimum Gasteiger partial charge on any atom is -0.320 e. The quantitative estimate of drug-likeness (QED) is 0.388. The highest BCUT2D eigenvalue weighted by atomic mass is 35.5. The summed E-state index contributed by atoms with van der Waals surface area (Å²) in [6, 6.07) is 7.33. The van der Waals surface area contributed by atoms with Crippen molar-refractivity contribution in [2.24, 2.45) is 5.10 Å². The van der Waals surface area contributed by atoms with Crippen molar-refractivity contribution in [1.82, 2.24) is 24.7 Å². The van der Waals surface area contributed by atoms with Gasteiger partial charge < -0.3 is 9.80 Å². The molecule has 2 aromatic heterocycles. The van der Waals surface area contributed by atoms with Crippen LogP contribution in [0.2, 0.25) is 10.3 Å². The van der Waals surface area contributed by atoms with Crippen molar-refractivity contribution in [3.05, 3.63) is 68.2 Å². The van der Waals surface area contributed by atoms with Crippen LogP contribution in [0, 0.1) is 10.1 Å². The lowest BCUT2D eigenvalue weighted by Crippen LogP contribution is -2.59. The summed E-state index contributed by atoms with van der Waals surface area (Å²) in [6.45, 7) is 5.99. The molecule has 0 saturated carbocycles. The highest BCUT2D eigenvalue weighted by Crippen LogP contribution is 2.20. The molecular formula is C18H21Cl2N7O2. The number of hydrogen-bond donors (Lipinski definition) is 0. The summed E-state index contributed by atoms with van der Waals surface area (Å²) in [5.74, 6) is 0.289. The van der Waals surface area contributed by atoms with Crippen molar-refractivity contribution < 1.29 is 5.03 Å². The van der Waals surface area contributed by atoms with Crippen LogP contribution >= 0.6 is 23.2 Å². The van der Waals surface area contributed by atoms with Crippen molar-refractivity contribution >= 4 is 29.2 Å². The molecule has 2 aromatic rings. The monoisotopic (exact) mass is 437 g/mol. The van der Waals surface area contributed by atoms with Crippen molar-refractivity contribution in [1.29, 1.82) is 0 Å². The molecule has 0 N–H and O–H groups in total. The SMILES string of the molecule is CC(C)N1CN(Cc2ccc(Cl)nc2)C(=N[N+](=O)[O-])N(Cc2ccc(Cl)nc2)C1. The molecule has 1 aliphatic rings. The van der Waals surface area contributed by atoms with Gasteiger partial charge in [-0.1, -0.05) is 35.3 Å². The molecule has 0 unspecified atom stereocenters. The predicted octanol–water partition coefficient (Wildman–Crippen LogP) is 3.27. The number of rotatable bonds is 6. The fourth-order valence-electron chi connectivity index (χ4n) is 3.02. The maximum Gasteiger partial charge on any atom is 0.276 e. The Morgan fingerprint density at radius 1 is 1.03 bits per heavy atom. The van der Waals surface area contributed by atoms with Gasteiger partial charge in [-0.25, -0.2) is 20.1 Å². The summed E-state index contributed by atoms with van der Waals surface area (Å²) in [7, 11) is 0. The molecule has 0 amide bonds. The fourth-order valence-corrected chi connectivity index (χ4v) is 3.24. The molecule has 11 heteroatoms. The highest BCUT2D eigenvalue weighted by Gasteiger charge is 2.32. The van der Waals surface area contributed by atoms with E-state index in [1.54, 1.807) is 24.5 Å². The third-order valence-electron chi connectivity index (χ3n) is 4.50. The van der Waals surface area contributed by atoms with E-state index in [0.29, 0.717) is 36.7 Å². The zero-order valence-electron chi connectivity index (χ0n) is 16.1. The third-order valence-corrected chi connectivity index (χ3v) is 4.94. The van der Waals surface area contributed by atoms with Crippen LogP contribution in [0.15, 0.2) is 41.8 Å². The Morgan fingerprint density at radius 2 is 1.52 bits per heavy atom. The van der Waals surface area contributed by atoms with Crippen molar-refractivity contribution in [3.63, 3.8) is 0 Å². The second-order valence-electron chi connectivity index (χ2n) is 6.98. The van der Waals surface area contributed by atoms with Gasteiger partial charge >= 0.3 is 0 Å². The molecule has 29 heavy (non-hydrogen) atoms. The number of pyridine rings is 2. The smallest absolute Gasteiger partial charge is 0.276 e. The Kier molecular flexibility index (Phi) is 6.83. The molecule has 1 aliphatic heterocycles. The van der Waals surface area contributed by atoms with E-state index in [4.69, 9.17) is 23.2 Å². The second-order valence-corrected chi connectivity index (χ2v) is 7.75. The first kappa shape index (κ1) is 21.2. The van der Waals surface area contributed by atoms with Crippen LogP contribution in [0.3, 0.4) is 0 Å². The van der Waals surface area contributed by atoms with Crippen LogP contribution in [-0.2, 0) is 13.1 Å². The first-order chi connectivity index (χ1) is 13.8. The summed E-state index contributed by atoms with van der Waals surface area (Å²) in [5.41, 5.74) is 1.76. The molecular weight excluding hydrogens is 417 g/mol. The Morgan fingerprint density at radius 3 is 1.86 bits per heavy atom. The Balaban J connectivity index is 1.91. The van der Waals surface area contributed by atoms with Gasteiger partial charge in [-0.3, -0.25) is 4.90 Å². The van der Waals surface area contributed by atoms with Gasteiger partial charge in [0.05, 0.1) is 13.3 Å². The largest absolute Gasteiger partial charge is 0.320 e. The first-order valence-electron chi connectivity index (χ1n) is 8.99. The summed E-state index contributed by atoms with van der Waals surface area (Å²) in [4.78, 5) is 25.4. The van der Waals surface area contributed by atoms with Crippen LogP contribution in [0.5, 0.6) is 0 Å². The lowest BCUT2D eigenvalue weighted by molar-refractivity contribution is -0.486. The molecule has 0 aromatic carbocycles. The molecule has 3 heterocycles. The van der Waals surface area contributed by atoms with Gasteiger partial charge in [0.2, 0.25) is 0 Å². The van der Waals surface area contributed by atoms with Gasteiger partial charge in [-0.05, 0) is 37.1 Å². The molecule has 0 bridgehead atoms. The topological polar surface area (TPSA) is 91.0 Å². The number of hydrazone groups is 1. The minimum atomic E-state index is -0.666. The normalized spacial score (nSPS) is 15.1. The third kappa shape index (κ3) is 5.75. The maximum atomic E-state index is 11.3. The van der Waals surface area contributed by atoms with Crippen LogP contribution in [0.1, 0.15) is 25.0 Å². The van der Waals surface area contributed by atoms with Crippen molar-refractivity contribution in [3.8, 4) is 0 Å². The molecule has 9 nitrogen and oxygen atoms in total. The molecule has 1 fully saturated rings. The summed E-state index contributed by atoms with van der Waals surface area (Å²) in [5, 5.41) is 15.1. The summed E-state index contributed by atoms with van der Waals surface area (Å²) >= 11 is 11.7. The maximum absolute atomic E-state index is 11.3. The number of halogens is 2. The summed E-state index contributed by atoms with van der Waals surface area (Å²) in [6.07, 6.45) is 3.32. The average molecular weight is 438 g/mol. The van der Waals surface area contributed by atoms with Gasteiger partial charge in [0.25, 0.3) is 5.96 Å². The number of guanidine groups is 1. The Hall–Kier alpha value is -2.49. The Bertz CT molecular complexity index is 815. The van der Waals surface area contributed by atoms with E-state index < -0.39 is 5.03 Å². The molecule has 0 spiro atoms.